The van der Waals surface area contributed by atoms with E-state index in [9.17, 15) is 5.11 Å². The Morgan fingerprint density at radius 1 is 1.41 bits per heavy atom. The highest BCUT2D eigenvalue weighted by atomic mass is 79.9. The van der Waals surface area contributed by atoms with E-state index in [1.54, 1.807) is 25.3 Å². The highest BCUT2D eigenvalue weighted by molar-refractivity contribution is 9.10. The lowest BCUT2D eigenvalue weighted by Crippen LogP contribution is -2.02. The van der Waals surface area contributed by atoms with Gasteiger partial charge in [0.1, 0.15) is 11.9 Å². The smallest absolute Gasteiger partial charge is 0.126 e. The number of aliphatic hydroxyl groups excluding tert-OH is 1. The Morgan fingerprint density at radius 3 is 2.76 bits per heavy atom. The molecular formula is C12H10BrClO2S. The van der Waals surface area contributed by atoms with Crippen LogP contribution in [0.2, 0.25) is 5.02 Å². The van der Waals surface area contributed by atoms with Crippen molar-refractivity contribution in [1.82, 2.24) is 0 Å². The summed E-state index contributed by atoms with van der Waals surface area (Å²) in [6.45, 7) is 0. The SMILES string of the molecule is COc1cccc(Cl)c1C(O)c1cscc1Br. The third-order valence-electron chi connectivity index (χ3n) is 2.44. The summed E-state index contributed by atoms with van der Waals surface area (Å²) < 4.78 is 6.10. The van der Waals surface area contributed by atoms with Gasteiger partial charge in [-0.3, -0.25) is 0 Å². The van der Waals surface area contributed by atoms with Gasteiger partial charge in [0.05, 0.1) is 12.1 Å². The van der Waals surface area contributed by atoms with Gasteiger partial charge in [-0.1, -0.05) is 17.7 Å². The second kappa shape index (κ2) is 5.40. The Labute approximate surface area is 117 Å². The molecule has 1 unspecified atom stereocenters. The lowest BCUT2D eigenvalue weighted by molar-refractivity contribution is 0.214. The molecule has 1 N–H and O–H groups in total. The number of rotatable bonds is 3. The highest BCUT2D eigenvalue weighted by Crippen LogP contribution is 2.39. The van der Waals surface area contributed by atoms with Crippen LogP contribution in [0, 0.1) is 0 Å². The first-order valence-electron chi connectivity index (χ1n) is 4.87. The van der Waals surface area contributed by atoms with Crippen molar-refractivity contribution in [2.24, 2.45) is 0 Å². The summed E-state index contributed by atoms with van der Waals surface area (Å²) >= 11 is 11.0. The first-order chi connectivity index (χ1) is 8.15. The van der Waals surface area contributed by atoms with E-state index in [1.165, 1.54) is 11.3 Å². The van der Waals surface area contributed by atoms with Crippen LogP contribution in [0.15, 0.2) is 33.4 Å². The number of hydrogen-bond donors (Lipinski definition) is 1. The standard InChI is InChI=1S/C12H10BrClO2S/c1-16-10-4-2-3-9(14)11(10)12(15)7-5-17-6-8(7)13/h2-6,12,15H,1H3. The second-order valence-corrected chi connectivity index (χ2v) is 5.44. The van der Waals surface area contributed by atoms with E-state index in [-0.39, 0.29) is 0 Å². The maximum Gasteiger partial charge on any atom is 0.126 e. The molecule has 0 aliphatic heterocycles. The van der Waals surface area contributed by atoms with Crippen LogP contribution in [0.4, 0.5) is 0 Å². The number of aliphatic hydroxyl groups is 1. The molecule has 0 aliphatic rings. The van der Waals surface area contributed by atoms with Crippen molar-refractivity contribution in [3.05, 3.63) is 49.6 Å². The Morgan fingerprint density at radius 2 is 2.18 bits per heavy atom. The molecule has 1 heterocycles. The summed E-state index contributed by atoms with van der Waals surface area (Å²) in [4.78, 5) is 0. The molecule has 17 heavy (non-hydrogen) atoms. The summed E-state index contributed by atoms with van der Waals surface area (Å²) in [6, 6.07) is 5.31. The normalized spacial score (nSPS) is 12.5. The molecule has 1 aromatic carbocycles. The largest absolute Gasteiger partial charge is 0.496 e. The molecule has 2 nitrogen and oxygen atoms in total. The van der Waals surface area contributed by atoms with Crippen LogP contribution < -0.4 is 4.74 Å². The molecule has 0 fully saturated rings. The van der Waals surface area contributed by atoms with Gasteiger partial charge in [-0.05, 0) is 33.4 Å². The van der Waals surface area contributed by atoms with E-state index < -0.39 is 6.10 Å². The predicted molar refractivity (Wildman–Crippen MR) is 74.1 cm³/mol. The molecule has 0 saturated carbocycles. The number of methoxy groups -OCH3 is 1. The van der Waals surface area contributed by atoms with Gasteiger partial charge in [0.2, 0.25) is 0 Å². The Balaban J connectivity index is 2.50. The van der Waals surface area contributed by atoms with E-state index in [4.69, 9.17) is 16.3 Å². The van der Waals surface area contributed by atoms with Gasteiger partial charge in [0, 0.05) is 21.0 Å². The van der Waals surface area contributed by atoms with Crippen molar-refractivity contribution in [3.63, 3.8) is 0 Å². The Kier molecular flexibility index (Phi) is 4.09. The van der Waals surface area contributed by atoms with E-state index in [2.05, 4.69) is 15.9 Å². The molecular weight excluding hydrogens is 324 g/mol. The third-order valence-corrected chi connectivity index (χ3v) is 4.52. The van der Waals surface area contributed by atoms with E-state index in [0.29, 0.717) is 16.3 Å². The lowest BCUT2D eigenvalue weighted by Gasteiger charge is -2.16. The van der Waals surface area contributed by atoms with Crippen LogP contribution in [0.25, 0.3) is 0 Å². The first kappa shape index (κ1) is 12.9. The minimum Gasteiger partial charge on any atom is -0.496 e. The minimum absolute atomic E-state index is 0.495. The molecule has 1 aromatic heterocycles. The fourth-order valence-electron chi connectivity index (χ4n) is 1.60. The van der Waals surface area contributed by atoms with Crippen LogP contribution in [0.1, 0.15) is 17.2 Å². The Hall–Kier alpha value is -0.550. The summed E-state index contributed by atoms with van der Waals surface area (Å²) in [7, 11) is 1.56. The number of benzene rings is 1. The van der Waals surface area contributed by atoms with Gasteiger partial charge in [0.15, 0.2) is 0 Å². The maximum atomic E-state index is 10.4. The van der Waals surface area contributed by atoms with Crippen LogP contribution >= 0.6 is 38.9 Å². The topological polar surface area (TPSA) is 29.5 Å². The summed E-state index contributed by atoms with van der Waals surface area (Å²) in [6.07, 6.45) is -0.792. The fraction of sp³-hybridized carbons (Fsp3) is 0.167. The van der Waals surface area contributed by atoms with Crippen molar-refractivity contribution >= 4 is 38.9 Å². The fourth-order valence-corrected chi connectivity index (χ4v) is 3.40. The van der Waals surface area contributed by atoms with Crippen molar-refractivity contribution in [1.29, 1.82) is 0 Å². The molecule has 90 valence electrons. The van der Waals surface area contributed by atoms with E-state index >= 15 is 0 Å². The molecule has 0 amide bonds. The zero-order valence-corrected chi connectivity index (χ0v) is 12.1. The van der Waals surface area contributed by atoms with Gasteiger partial charge in [0.25, 0.3) is 0 Å². The van der Waals surface area contributed by atoms with Crippen molar-refractivity contribution in [2.45, 2.75) is 6.10 Å². The molecule has 5 heteroatoms. The molecule has 0 bridgehead atoms. The monoisotopic (exact) mass is 332 g/mol. The van der Waals surface area contributed by atoms with Gasteiger partial charge in [-0.15, -0.1) is 0 Å². The molecule has 2 rings (SSSR count). The van der Waals surface area contributed by atoms with Crippen molar-refractivity contribution < 1.29 is 9.84 Å². The van der Waals surface area contributed by atoms with Gasteiger partial charge < -0.3 is 9.84 Å². The molecule has 0 spiro atoms. The molecule has 0 radical (unpaired) electrons. The second-order valence-electron chi connectivity index (χ2n) is 3.43. The van der Waals surface area contributed by atoms with E-state index in [1.807, 2.05) is 10.8 Å². The molecule has 2 aromatic rings. The first-order valence-corrected chi connectivity index (χ1v) is 6.98. The lowest BCUT2D eigenvalue weighted by atomic mass is 10.0. The van der Waals surface area contributed by atoms with Crippen LogP contribution in [0.5, 0.6) is 5.75 Å². The number of hydrogen-bond acceptors (Lipinski definition) is 3. The van der Waals surface area contributed by atoms with Crippen molar-refractivity contribution in [3.8, 4) is 5.75 Å². The average Bonchev–Trinajstić information content (AvgIpc) is 2.74. The quantitative estimate of drug-likeness (QED) is 0.909. The van der Waals surface area contributed by atoms with Crippen LogP contribution in [0.3, 0.4) is 0 Å². The van der Waals surface area contributed by atoms with Gasteiger partial charge in [-0.2, -0.15) is 11.3 Å². The number of ether oxygens (including phenoxy) is 1. The van der Waals surface area contributed by atoms with Crippen molar-refractivity contribution in [2.75, 3.05) is 7.11 Å². The zero-order valence-electron chi connectivity index (χ0n) is 8.98. The summed E-state index contributed by atoms with van der Waals surface area (Å²) in [5, 5.41) is 14.7. The number of thiophene rings is 1. The highest BCUT2D eigenvalue weighted by Gasteiger charge is 2.21. The molecule has 1 atom stereocenters. The number of halogens is 2. The third kappa shape index (κ3) is 2.50. The zero-order chi connectivity index (χ0) is 12.4. The summed E-state index contributed by atoms with van der Waals surface area (Å²) in [5.41, 5.74) is 1.39. The molecule has 0 aliphatic carbocycles. The van der Waals surface area contributed by atoms with Crippen LogP contribution in [-0.2, 0) is 0 Å². The maximum absolute atomic E-state index is 10.4. The Bertz CT molecular complexity index is 527. The average molecular weight is 334 g/mol. The predicted octanol–water partition coefficient (Wildman–Crippen LogP) is 4.25. The van der Waals surface area contributed by atoms with Gasteiger partial charge in [-0.25, -0.2) is 0 Å². The summed E-state index contributed by atoms with van der Waals surface area (Å²) in [5.74, 6) is 0.586. The van der Waals surface area contributed by atoms with Crippen LogP contribution in [-0.4, -0.2) is 12.2 Å². The molecule has 0 saturated heterocycles. The van der Waals surface area contributed by atoms with Gasteiger partial charge >= 0.3 is 0 Å². The minimum atomic E-state index is -0.792. The van der Waals surface area contributed by atoms with E-state index in [0.717, 1.165) is 10.0 Å².